The van der Waals surface area contributed by atoms with Crippen LogP contribution in [0.4, 0.5) is 10.1 Å². The molecule has 34 heavy (non-hydrogen) atoms. The summed E-state index contributed by atoms with van der Waals surface area (Å²) in [5.41, 5.74) is 2.52. The van der Waals surface area contributed by atoms with E-state index in [0.717, 1.165) is 30.9 Å². The highest BCUT2D eigenvalue weighted by Gasteiger charge is 2.40. The van der Waals surface area contributed by atoms with Crippen molar-refractivity contribution in [2.45, 2.75) is 32.0 Å². The fraction of sp³-hybridized carbons (Fsp3) is 0.417. The van der Waals surface area contributed by atoms with E-state index < -0.39 is 17.8 Å². The third-order valence-electron chi connectivity index (χ3n) is 6.79. The predicted octanol–water partition coefficient (Wildman–Crippen LogP) is 1.31. The van der Waals surface area contributed by atoms with Gasteiger partial charge in [0.15, 0.2) is 0 Å². The molecule has 4 heterocycles. The van der Waals surface area contributed by atoms with E-state index in [9.17, 15) is 14.4 Å². The first kappa shape index (κ1) is 22.3. The Hall–Kier alpha value is -3.53. The average Bonchev–Trinajstić information content (AvgIpc) is 3.14. The molecule has 3 aliphatic rings. The lowest BCUT2D eigenvalue weighted by Gasteiger charge is -2.36. The molecule has 1 unspecified atom stereocenters. The Bertz CT molecular complexity index is 1150. The van der Waals surface area contributed by atoms with E-state index in [-0.39, 0.29) is 36.8 Å². The molecule has 0 saturated carbocycles. The molecule has 9 nitrogen and oxygen atoms in total. The number of ether oxygens (including phenoxy) is 1. The second-order valence-corrected chi connectivity index (χ2v) is 8.81. The highest BCUT2D eigenvalue weighted by molar-refractivity contribution is 6.05. The summed E-state index contributed by atoms with van der Waals surface area (Å²) < 4.78 is 20.5. The molecule has 10 heteroatoms. The maximum atomic E-state index is 15.1. The molecule has 2 fully saturated rings. The first-order valence-corrected chi connectivity index (χ1v) is 11.4. The molecular formula is C24H26FN5O4. The number of hydrogen-bond donors (Lipinski definition) is 1. The number of amides is 3. The van der Waals surface area contributed by atoms with Crippen molar-refractivity contribution in [3.8, 4) is 5.75 Å². The minimum absolute atomic E-state index is 0.186. The minimum atomic E-state index is -0.710. The van der Waals surface area contributed by atoms with Crippen LogP contribution >= 0.6 is 0 Å². The van der Waals surface area contributed by atoms with Gasteiger partial charge in [0.05, 0.1) is 19.0 Å². The molecule has 1 N–H and O–H groups in total. The zero-order chi connectivity index (χ0) is 23.8. The van der Waals surface area contributed by atoms with Crippen molar-refractivity contribution >= 4 is 23.4 Å². The SMILES string of the molecule is COc1cnccc1CN1CCN(c2cc3c(cc2F)C(=O)N(C2CCC(=O)NC2=O)C3)CC1. The first-order chi connectivity index (χ1) is 16.4. The lowest BCUT2D eigenvalue weighted by molar-refractivity contribution is -0.136. The molecule has 178 valence electrons. The quantitative estimate of drug-likeness (QED) is 0.663. The van der Waals surface area contributed by atoms with E-state index in [1.54, 1.807) is 25.6 Å². The molecule has 5 rings (SSSR count). The van der Waals surface area contributed by atoms with Crippen LogP contribution in [0.3, 0.4) is 0 Å². The Labute approximate surface area is 196 Å². The van der Waals surface area contributed by atoms with E-state index in [1.165, 1.54) is 11.0 Å². The van der Waals surface area contributed by atoms with Crippen LogP contribution in [-0.2, 0) is 22.7 Å². The van der Waals surface area contributed by atoms with Gasteiger partial charge in [0, 0.05) is 63.0 Å². The maximum absolute atomic E-state index is 15.1. The summed E-state index contributed by atoms with van der Waals surface area (Å²) in [6.07, 6.45) is 3.91. The molecule has 0 bridgehead atoms. The molecular weight excluding hydrogens is 441 g/mol. The van der Waals surface area contributed by atoms with E-state index in [0.29, 0.717) is 24.3 Å². The van der Waals surface area contributed by atoms with Gasteiger partial charge in [-0.1, -0.05) is 0 Å². The number of nitrogens with zero attached hydrogens (tertiary/aromatic N) is 4. The third kappa shape index (κ3) is 4.09. The van der Waals surface area contributed by atoms with Gasteiger partial charge in [0.25, 0.3) is 5.91 Å². The number of anilines is 1. The Kier molecular flexibility index (Phi) is 5.91. The molecule has 0 aliphatic carbocycles. The van der Waals surface area contributed by atoms with Crippen LogP contribution < -0.4 is 15.0 Å². The number of piperazine rings is 1. The van der Waals surface area contributed by atoms with Crippen LogP contribution in [0.5, 0.6) is 5.75 Å². The van der Waals surface area contributed by atoms with E-state index >= 15 is 4.39 Å². The molecule has 0 spiro atoms. The summed E-state index contributed by atoms with van der Waals surface area (Å²) in [5, 5.41) is 2.29. The van der Waals surface area contributed by atoms with Crippen LogP contribution in [0.2, 0.25) is 0 Å². The minimum Gasteiger partial charge on any atom is -0.495 e. The highest BCUT2D eigenvalue weighted by Crippen LogP contribution is 2.33. The van der Waals surface area contributed by atoms with Crippen molar-refractivity contribution in [1.82, 2.24) is 20.1 Å². The first-order valence-electron chi connectivity index (χ1n) is 11.4. The summed E-state index contributed by atoms with van der Waals surface area (Å²) in [7, 11) is 1.63. The van der Waals surface area contributed by atoms with Gasteiger partial charge in [-0.15, -0.1) is 0 Å². The highest BCUT2D eigenvalue weighted by atomic mass is 19.1. The molecule has 1 aromatic heterocycles. The summed E-state index contributed by atoms with van der Waals surface area (Å²) in [4.78, 5) is 46.4. The van der Waals surface area contributed by atoms with Gasteiger partial charge < -0.3 is 14.5 Å². The van der Waals surface area contributed by atoms with Gasteiger partial charge in [-0.3, -0.25) is 29.6 Å². The van der Waals surface area contributed by atoms with Crippen molar-refractivity contribution in [2.24, 2.45) is 0 Å². The van der Waals surface area contributed by atoms with Gasteiger partial charge >= 0.3 is 0 Å². The van der Waals surface area contributed by atoms with Gasteiger partial charge in [-0.25, -0.2) is 4.39 Å². The smallest absolute Gasteiger partial charge is 0.255 e. The number of pyridine rings is 1. The fourth-order valence-electron chi connectivity index (χ4n) is 4.93. The number of carbonyl (C=O) groups excluding carboxylic acids is 3. The molecule has 1 atom stereocenters. The Morgan fingerprint density at radius 1 is 1.18 bits per heavy atom. The fourth-order valence-corrected chi connectivity index (χ4v) is 4.93. The van der Waals surface area contributed by atoms with Crippen molar-refractivity contribution in [2.75, 3.05) is 38.2 Å². The number of carbonyl (C=O) groups is 3. The average molecular weight is 468 g/mol. The lowest BCUT2D eigenvalue weighted by Crippen LogP contribution is -2.52. The van der Waals surface area contributed by atoms with E-state index in [4.69, 9.17) is 4.74 Å². The van der Waals surface area contributed by atoms with Crippen LogP contribution in [0.1, 0.15) is 34.3 Å². The maximum Gasteiger partial charge on any atom is 0.255 e. The molecule has 2 saturated heterocycles. The summed E-state index contributed by atoms with van der Waals surface area (Å²) in [6, 6.07) is 4.25. The number of imide groups is 1. The number of halogens is 1. The Balaban J connectivity index is 1.27. The summed E-state index contributed by atoms with van der Waals surface area (Å²) in [5.74, 6) is -0.868. The lowest BCUT2D eigenvalue weighted by atomic mass is 10.0. The zero-order valence-electron chi connectivity index (χ0n) is 18.9. The number of nitrogens with one attached hydrogen (secondary N) is 1. The van der Waals surface area contributed by atoms with Crippen molar-refractivity contribution in [3.05, 3.63) is 53.1 Å². The van der Waals surface area contributed by atoms with Crippen molar-refractivity contribution < 1.29 is 23.5 Å². The van der Waals surface area contributed by atoms with Crippen LogP contribution in [0.15, 0.2) is 30.6 Å². The molecule has 3 amide bonds. The van der Waals surface area contributed by atoms with Crippen LogP contribution in [0, 0.1) is 5.82 Å². The van der Waals surface area contributed by atoms with E-state index in [1.807, 2.05) is 11.0 Å². The summed E-state index contributed by atoms with van der Waals surface area (Å²) >= 11 is 0. The number of hydrogen-bond acceptors (Lipinski definition) is 7. The number of benzene rings is 1. The third-order valence-corrected chi connectivity index (χ3v) is 6.79. The predicted molar refractivity (Wildman–Crippen MR) is 121 cm³/mol. The molecule has 0 radical (unpaired) electrons. The van der Waals surface area contributed by atoms with E-state index in [2.05, 4.69) is 15.2 Å². The normalized spacial score (nSPS) is 21.0. The number of fused-ring (bicyclic) bond motifs is 1. The van der Waals surface area contributed by atoms with Gasteiger partial charge in [-0.05, 0) is 30.2 Å². The second-order valence-electron chi connectivity index (χ2n) is 8.81. The van der Waals surface area contributed by atoms with Crippen LogP contribution in [-0.4, -0.2) is 71.8 Å². The topological polar surface area (TPSA) is 95.1 Å². The van der Waals surface area contributed by atoms with Crippen molar-refractivity contribution in [3.63, 3.8) is 0 Å². The molecule has 3 aliphatic heterocycles. The standard InChI is InChI=1S/C24H26FN5O4/c1-34-21-12-26-5-4-15(21)13-28-6-8-29(9-7-28)20-10-16-14-30(24(33)17(16)11-18(20)25)19-2-3-22(31)27-23(19)32/h4-5,10-12,19H,2-3,6-9,13-14H2,1H3,(H,27,31,32). The van der Waals surface area contributed by atoms with Crippen molar-refractivity contribution in [1.29, 1.82) is 0 Å². The Morgan fingerprint density at radius 2 is 1.97 bits per heavy atom. The zero-order valence-corrected chi connectivity index (χ0v) is 18.9. The van der Waals surface area contributed by atoms with Gasteiger partial charge in [-0.2, -0.15) is 0 Å². The van der Waals surface area contributed by atoms with Crippen LogP contribution in [0.25, 0.3) is 0 Å². The summed E-state index contributed by atoms with van der Waals surface area (Å²) in [6.45, 7) is 3.76. The largest absolute Gasteiger partial charge is 0.495 e. The Morgan fingerprint density at radius 3 is 2.71 bits per heavy atom. The second kappa shape index (κ2) is 9.02. The monoisotopic (exact) mass is 467 g/mol. The molecule has 2 aromatic rings. The number of rotatable bonds is 5. The van der Waals surface area contributed by atoms with Gasteiger partial charge in [0.1, 0.15) is 17.6 Å². The van der Waals surface area contributed by atoms with Gasteiger partial charge in [0.2, 0.25) is 11.8 Å². The number of aromatic nitrogens is 1. The number of piperidine rings is 1. The molecule has 1 aromatic carbocycles. The number of methoxy groups -OCH3 is 1.